The predicted octanol–water partition coefficient (Wildman–Crippen LogP) is 3.24. The smallest absolute Gasteiger partial charge is 0.349 e. The number of nitrogens with zero attached hydrogens (tertiary/aromatic N) is 1. The van der Waals surface area contributed by atoms with Crippen LogP contribution in [0.4, 0.5) is 18.9 Å². The second kappa shape index (κ2) is 6.54. The fraction of sp³-hybridized carbons (Fsp3) is 0.235. The zero-order valence-electron chi connectivity index (χ0n) is 12.9. The van der Waals surface area contributed by atoms with E-state index in [9.17, 15) is 22.8 Å². The summed E-state index contributed by atoms with van der Waals surface area (Å²) in [7, 11) is 0. The van der Waals surface area contributed by atoms with E-state index in [0.29, 0.717) is 11.3 Å². The number of rotatable bonds is 4. The van der Waals surface area contributed by atoms with Crippen molar-refractivity contribution in [2.45, 2.75) is 25.1 Å². The largest absolute Gasteiger partial charge is 0.433 e. The fourth-order valence-corrected chi connectivity index (χ4v) is 2.13. The Hall–Kier alpha value is -2.90. The van der Waals surface area contributed by atoms with Gasteiger partial charge in [0.2, 0.25) is 0 Å². The summed E-state index contributed by atoms with van der Waals surface area (Å²) in [5, 5.41) is 5.37. The van der Waals surface area contributed by atoms with Crippen LogP contribution < -0.4 is 10.6 Å². The number of hydrogen-bond donors (Lipinski definition) is 2. The Morgan fingerprint density at radius 2 is 1.80 bits per heavy atom. The molecule has 0 saturated heterocycles. The van der Waals surface area contributed by atoms with Gasteiger partial charge in [-0.3, -0.25) is 14.6 Å². The maximum Gasteiger partial charge on any atom is 0.433 e. The van der Waals surface area contributed by atoms with Gasteiger partial charge in [-0.15, -0.1) is 0 Å². The highest BCUT2D eigenvalue weighted by Gasteiger charge is 2.32. The second-order valence-corrected chi connectivity index (χ2v) is 5.71. The molecule has 25 heavy (non-hydrogen) atoms. The standard InChI is InChI=1S/C17H14F3N3O2/c18-17(19,20)14-7-4-11(9-21-14)16(25)23-13-3-1-2-10(8-13)15(24)22-12-5-6-12/h1-4,7-9,12H,5-6H2,(H,22,24)(H,23,25). The number of carbonyl (C=O) groups is 2. The summed E-state index contributed by atoms with van der Waals surface area (Å²) in [4.78, 5) is 27.4. The average molecular weight is 349 g/mol. The molecular weight excluding hydrogens is 335 g/mol. The number of hydrogen-bond acceptors (Lipinski definition) is 3. The van der Waals surface area contributed by atoms with Gasteiger partial charge in [0.15, 0.2) is 0 Å². The van der Waals surface area contributed by atoms with Gasteiger partial charge in [-0.25, -0.2) is 0 Å². The molecule has 0 spiro atoms. The highest BCUT2D eigenvalue weighted by atomic mass is 19.4. The SMILES string of the molecule is O=C(Nc1cccc(C(=O)NC2CC2)c1)c1ccc(C(F)(F)F)nc1. The Kier molecular flexibility index (Phi) is 4.43. The van der Waals surface area contributed by atoms with E-state index in [4.69, 9.17) is 0 Å². The van der Waals surface area contributed by atoms with Crippen LogP contribution in [0.2, 0.25) is 0 Å². The summed E-state index contributed by atoms with van der Waals surface area (Å²) in [5.74, 6) is -0.837. The normalized spacial score (nSPS) is 14.0. The van der Waals surface area contributed by atoms with Crippen molar-refractivity contribution in [3.63, 3.8) is 0 Å². The minimum atomic E-state index is -4.56. The number of carbonyl (C=O) groups excluding carboxylic acids is 2. The molecule has 1 fully saturated rings. The van der Waals surface area contributed by atoms with Crippen molar-refractivity contribution < 1.29 is 22.8 Å². The number of aromatic nitrogens is 1. The van der Waals surface area contributed by atoms with Crippen molar-refractivity contribution in [2.24, 2.45) is 0 Å². The van der Waals surface area contributed by atoms with Crippen LogP contribution in [0.25, 0.3) is 0 Å². The zero-order valence-corrected chi connectivity index (χ0v) is 12.9. The van der Waals surface area contributed by atoms with Crippen LogP contribution >= 0.6 is 0 Å². The Morgan fingerprint density at radius 3 is 2.40 bits per heavy atom. The molecular formula is C17H14F3N3O2. The van der Waals surface area contributed by atoms with Crippen molar-refractivity contribution >= 4 is 17.5 Å². The first-order chi connectivity index (χ1) is 11.8. The molecule has 0 atom stereocenters. The zero-order chi connectivity index (χ0) is 18.0. The number of pyridine rings is 1. The minimum Gasteiger partial charge on any atom is -0.349 e. The third-order valence-corrected chi connectivity index (χ3v) is 3.61. The Bertz CT molecular complexity index is 800. The van der Waals surface area contributed by atoms with Crippen molar-refractivity contribution in [3.05, 3.63) is 59.4 Å². The summed E-state index contributed by atoms with van der Waals surface area (Å²) in [5.41, 5.74) is -0.313. The Labute approximate surface area is 141 Å². The lowest BCUT2D eigenvalue weighted by Crippen LogP contribution is -2.25. The highest BCUT2D eigenvalue weighted by Crippen LogP contribution is 2.27. The van der Waals surface area contributed by atoms with Crippen LogP contribution in [0, 0.1) is 0 Å². The van der Waals surface area contributed by atoms with Crippen LogP contribution in [0.1, 0.15) is 39.3 Å². The third-order valence-electron chi connectivity index (χ3n) is 3.61. The van der Waals surface area contributed by atoms with Gasteiger partial charge in [-0.05, 0) is 43.2 Å². The Balaban J connectivity index is 1.69. The van der Waals surface area contributed by atoms with Gasteiger partial charge >= 0.3 is 6.18 Å². The number of anilines is 1. The highest BCUT2D eigenvalue weighted by molar-refractivity contribution is 6.05. The van der Waals surface area contributed by atoms with Gasteiger partial charge in [0, 0.05) is 23.5 Å². The van der Waals surface area contributed by atoms with Crippen molar-refractivity contribution in [1.29, 1.82) is 0 Å². The molecule has 0 unspecified atom stereocenters. The minimum absolute atomic E-state index is 0.0131. The summed E-state index contributed by atoms with van der Waals surface area (Å²) in [6, 6.07) is 8.33. The lowest BCUT2D eigenvalue weighted by Gasteiger charge is -2.09. The molecule has 1 saturated carbocycles. The van der Waals surface area contributed by atoms with Gasteiger partial charge in [0.05, 0.1) is 5.56 Å². The van der Waals surface area contributed by atoms with Gasteiger partial charge in [-0.2, -0.15) is 13.2 Å². The lowest BCUT2D eigenvalue weighted by atomic mass is 10.1. The third kappa shape index (κ3) is 4.34. The quantitative estimate of drug-likeness (QED) is 0.890. The molecule has 2 aromatic rings. The summed E-state index contributed by atoms with van der Waals surface area (Å²) in [6.45, 7) is 0. The molecule has 0 aliphatic heterocycles. The molecule has 0 bridgehead atoms. The topological polar surface area (TPSA) is 71.1 Å². The van der Waals surface area contributed by atoms with Crippen molar-refractivity contribution in [3.8, 4) is 0 Å². The first-order valence-corrected chi connectivity index (χ1v) is 7.58. The van der Waals surface area contributed by atoms with E-state index in [1.165, 1.54) is 6.07 Å². The number of alkyl halides is 3. The first kappa shape index (κ1) is 16.9. The van der Waals surface area contributed by atoms with Crippen LogP contribution in [0.5, 0.6) is 0 Å². The van der Waals surface area contributed by atoms with Gasteiger partial charge in [0.25, 0.3) is 11.8 Å². The molecule has 3 rings (SSSR count). The molecule has 2 N–H and O–H groups in total. The molecule has 1 aromatic heterocycles. The van der Waals surface area contributed by atoms with E-state index in [1.807, 2.05) is 0 Å². The molecule has 1 aliphatic carbocycles. The van der Waals surface area contributed by atoms with Gasteiger partial charge in [-0.1, -0.05) is 6.07 Å². The number of nitrogens with one attached hydrogen (secondary N) is 2. The fourth-order valence-electron chi connectivity index (χ4n) is 2.13. The van der Waals surface area contributed by atoms with Gasteiger partial charge in [0.1, 0.15) is 5.69 Å². The summed E-state index contributed by atoms with van der Waals surface area (Å²) < 4.78 is 37.4. The van der Waals surface area contributed by atoms with E-state index in [1.54, 1.807) is 18.2 Å². The molecule has 2 amide bonds. The van der Waals surface area contributed by atoms with Crippen molar-refractivity contribution in [2.75, 3.05) is 5.32 Å². The Morgan fingerprint density at radius 1 is 1.04 bits per heavy atom. The molecule has 0 radical (unpaired) electrons. The molecule has 5 nitrogen and oxygen atoms in total. The van der Waals surface area contributed by atoms with E-state index in [2.05, 4.69) is 15.6 Å². The first-order valence-electron chi connectivity index (χ1n) is 7.58. The van der Waals surface area contributed by atoms with Gasteiger partial charge < -0.3 is 10.6 Å². The van der Waals surface area contributed by atoms with Crippen LogP contribution in [-0.2, 0) is 6.18 Å². The van der Waals surface area contributed by atoms with E-state index >= 15 is 0 Å². The van der Waals surface area contributed by atoms with E-state index < -0.39 is 17.8 Å². The molecule has 1 aromatic carbocycles. The maximum atomic E-state index is 12.5. The van der Waals surface area contributed by atoms with E-state index in [-0.39, 0.29) is 17.5 Å². The maximum absolute atomic E-state index is 12.5. The van der Waals surface area contributed by atoms with Crippen LogP contribution in [-0.4, -0.2) is 22.8 Å². The molecule has 1 aliphatic rings. The van der Waals surface area contributed by atoms with Crippen LogP contribution in [0.3, 0.4) is 0 Å². The average Bonchev–Trinajstić information content (AvgIpc) is 3.38. The molecule has 1 heterocycles. The molecule has 130 valence electrons. The lowest BCUT2D eigenvalue weighted by molar-refractivity contribution is -0.141. The second-order valence-electron chi connectivity index (χ2n) is 5.71. The van der Waals surface area contributed by atoms with Crippen LogP contribution in [0.15, 0.2) is 42.6 Å². The number of benzene rings is 1. The van der Waals surface area contributed by atoms with E-state index in [0.717, 1.165) is 31.2 Å². The summed E-state index contributed by atoms with van der Waals surface area (Å²) >= 11 is 0. The molecule has 8 heteroatoms. The van der Waals surface area contributed by atoms with Crippen molar-refractivity contribution in [1.82, 2.24) is 10.3 Å². The summed E-state index contributed by atoms with van der Waals surface area (Å²) in [6.07, 6.45) is -1.77. The number of halogens is 3. The number of amides is 2. The predicted molar refractivity (Wildman–Crippen MR) is 84.1 cm³/mol. The monoisotopic (exact) mass is 349 g/mol.